The van der Waals surface area contributed by atoms with Crippen LogP contribution in [0.4, 0.5) is 9.59 Å². The number of piperidine rings is 1. The molecule has 1 aromatic heterocycles. The second kappa shape index (κ2) is 9.75. The molecule has 1 aliphatic carbocycles. The van der Waals surface area contributed by atoms with Gasteiger partial charge in [0, 0.05) is 62.4 Å². The Hall–Kier alpha value is -3.23. The zero-order chi connectivity index (χ0) is 27.4. The van der Waals surface area contributed by atoms with Gasteiger partial charge in [0.15, 0.2) is 0 Å². The van der Waals surface area contributed by atoms with Gasteiger partial charge in [-0.1, -0.05) is 12.1 Å². The van der Waals surface area contributed by atoms with Crippen molar-refractivity contribution >= 4 is 12.2 Å². The molecule has 0 bridgehead atoms. The number of hydrogen-bond donors (Lipinski definition) is 0. The molecule has 3 aliphatic heterocycles. The lowest BCUT2D eigenvalue weighted by atomic mass is 9.79. The number of benzene rings is 1. The zero-order valence-corrected chi connectivity index (χ0v) is 23.6. The summed E-state index contributed by atoms with van der Waals surface area (Å²) in [7, 11) is 0. The average molecular weight is 537 g/mol. The molecule has 1 aromatic carbocycles. The van der Waals surface area contributed by atoms with Gasteiger partial charge in [-0.25, -0.2) is 9.59 Å². The van der Waals surface area contributed by atoms with Crippen molar-refractivity contribution in [3.05, 3.63) is 35.5 Å². The van der Waals surface area contributed by atoms with Crippen LogP contribution in [-0.4, -0.2) is 70.2 Å². The summed E-state index contributed by atoms with van der Waals surface area (Å²) in [5.41, 5.74) is 3.18. The second-order valence-corrected chi connectivity index (χ2v) is 12.7. The van der Waals surface area contributed by atoms with Crippen LogP contribution in [0.1, 0.15) is 64.1 Å². The van der Waals surface area contributed by atoms with Crippen molar-refractivity contribution in [2.24, 2.45) is 11.8 Å². The Kier molecular flexibility index (Phi) is 6.50. The van der Waals surface area contributed by atoms with Crippen molar-refractivity contribution in [2.45, 2.75) is 77.5 Å². The number of carbonyl (C=O) groups excluding carboxylic acids is 2. The molecule has 1 saturated carbocycles. The Labute approximate surface area is 230 Å². The molecule has 0 N–H and O–H groups in total. The van der Waals surface area contributed by atoms with Gasteiger partial charge in [-0.05, 0) is 70.9 Å². The Morgan fingerprint density at radius 2 is 1.77 bits per heavy atom. The van der Waals surface area contributed by atoms with E-state index in [0.29, 0.717) is 57.5 Å². The van der Waals surface area contributed by atoms with Gasteiger partial charge in [0.05, 0.1) is 6.61 Å². The van der Waals surface area contributed by atoms with E-state index < -0.39 is 11.2 Å². The number of nitrogens with zero attached hydrogens (tertiary/aromatic N) is 4. The third-order valence-electron chi connectivity index (χ3n) is 8.45. The molecule has 210 valence electrons. The lowest BCUT2D eigenvalue weighted by molar-refractivity contribution is -0.00648. The van der Waals surface area contributed by atoms with Crippen molar-refractivity contribution in [1.82, 2.24) is 19.6 Å². The van der Waals surface area contributed by atoms with Crippen LogP contribution in [0.5, 0.6) is 5.75 Å². The second-order valence-electron chi connectivity index (χ2n) is 12.7. The van der Waals surface area contributed by atoms with Crippen LogP contribution < -0.4 is 4.74 Å². The van der Waals surface area contributed by atoms with Crippen LogP contribution in [0.3, 0.4) is 0 Å². The van der Waals surface area contributed by atoms with E-state index in [1.165, 1.54) is 0 Å². The molecule has 6 rings (SSSR count). The van der Waals surface area contributed by atoms with Crippen LogP contribution in [0.15, 0.2) is 24.3 Å². The van der Waals surface area contributed by atoms with Gasteiger partial charge in [-0.2, -0.15) is 5.10 Å². The Morgan fingerprint density at radius 3 is 2.49 bits per heavy atom. The summed E-state index contributed by atoms with van der Waals surface area (Å²) in [6.07, 6.45) is 4.16. The maximum atomic E-state index is 12.7. The van der Waals surface area contributed by atoms with Crippen molar-refractivity contribution in [2.75, 3.05) is 32.8 Å². The Balaban J connectivity index is 1.21. The number of carbonyl (C=O) groups is 2. The maximum absolute atomic E-state index is 12.7. The number of ether oxygens (including phenoxy) is 3. The Bertz CT molecular complexity index is 1250. The van der Waals surface area contributed by atoms with Gasteiger partial charge in [0.2, 0.25) is 0 Å². The van der Waals surface area contributed by atoms with E-state index in [0.717, 1.165) is 54.1 Å². The predicted molar refractivity (Wildman–Crippen MR) is 145 cm³/mol. The van der Waals surface area contributed by atoms with Gasteiger partial charge in [-0.3, -0.25) is 4.68 Å². The fraction of sp³-hybridized carbons (Fsp3) is 0.633. The molecule has 1 spiro atoms. The number of aromatic nitrogens is 2. The zero-order valence-electron chi connectivity index (χ0n) is 23.6. The first kappa shape index (κ1) is 26.0. The van der Waals surface area contributed by atoms with Crippen LogP contribution in [0.2, 0.25) is 0 Å². The highest BCUT2D eigenvalue weighted by Crippen LogP contribution is 2.50. The summed E-state index contributed by atoms with van der Waals surface area (Å²) in [5, 5.41) is 5.14. The summed E-state index contributed by atoms with van der Waals surface area (Å²) < 4.78 is 20.0. The van der Waals surface area contributed by atoms with E-state index in [2.05, 4.69) is 17.7 Å². The van der Waals surface area contributed by atoms with Gasteiger partial charge in [0.25, 0.3) is 0 Å². The smallest absolute Gasteiger partial charge is 0.410 e. The van der Waals surface area contributed by atoms with Gasteiger partial charge >= 0.3 is 12.2 Å². The average Bonchev–Trinajstić information content (AvgIpc) is 3.50. The fourth-order valence-electron chi connectivity index (χ4n) is 6.16. The minimum absolute atomic E-state index is 0.212. The molecular formula is C30H40N4O5. The van der Waals surface area contributed by atoms with E-state index in [4.69, 9.17) is 19.3 Å². The number of likely N-dealkylation sites (tertiary alicyclic amines) is 2. The number of para-hydroxylation sites is 1. The molecule has 4 aliphatic rings. The van der Waals surface area contributed by atoms with Gasteiger partial charge in [0.1, 0.15) is 22.6 Å². The lowest BCUT2D eigenvalue weighted by Crippen LogP contribution is -2.49. The van der Waals surface area contributed by atoms with Crippen molar-refractivity contribution < 1.29 is 23.8 Å². The minimum atomic E-state index is -0.530. The molecule has 0 radical (unpaired) electrons. The van der Waals surface area contributed by atoms with E-state index in [-0.39, 0.29) is 12.2 Å². The third-order valence-corrected chi connectivity index (χ3v) is 8.45. The van der Waals surface area contributed by atoms with Crippen molar-refractivity contribution in [3.63, 3.8) is 0 Å². The highest BCUT2D eigenvalue weighted by molar-refractivity contribution is 5.75. The quantitative estimate of drug-likeness (QED) is 0.524. The lowest BCUT2D eigenvalue weighted by Gasteiger charge is -2.44. The minimum Gasteiger partial charge on any atom is -0.482 e. The molecule has 2 saturated heterocycles. The van der Waals surface area contributed by atoms with E-state index in [1.807, 2.05) is 48.8 Å². The first-order valence-corrected chi connectivity index (χ1v) is 14.4. The van der Waals surface area contributed by atoms with E-state index in [1.54, 1.807) is 0 Å². The maximum Gasteiger partial charge on any atom is 0.410 e. The number of amides is 2. The van der Waals surface area contributed by atoms with Crippen LogP contribution in [0.25, 0.3) is 11.3 Å². The van der Waals surface area contributed by atoms with Crippen molar-refractivity contribution in [1.29, 1.82) is 0 Å². The molecule has 4 heterocycles. The molecule has 9 heteroatoms. The summed E-state index contributed by atoms with van der Waals surface area (Å²) in [6.45, 7) is 11.6. The molecule has 2 amide bonds. The van der Waals surface area contributed by atoms with E-state index >= 15 is 0 Å². The van der Waals surface area contributed by atoms with Crippen LogP contribution in [0, 0.1) is 18.8 Å². The molecule has 1 atom stereocenters. The fourth-order valence-corrected chi connectivity index (χ4v) is 6.16. The topological polar surface area (TPSA) is 86.1 Å². The highest BCUT2D eigenvalue weighted by Gasteiger charge is 2.47. The number of fused-ring (bicyclic) bond motifs is 4. The SMILES string of the molecule is Cc1c2c(nn1CC1CCN(C(=O)OC(C)(C)C)C1)-c1ccccc1OC21CCN(C(=O)OCC2CC2)CC1. The molecule has 39 heavy (non-hydrogen) atoms. The molecule has 9 nitrogen and oxygen atoms in total. The third kappa shape index (κ3) is 5.20. The summed E-state index contributed by atoms with van der Waals surface area (Å²) in [6, 6.07) is 8.10. The molecular weight excluding hydrogens is 496 g/mol. The first-order chi connectivity index (χ1) is 18.6. The van der Waals surface area contributed by atoms with E-state index in [9.17, 15) is 9.59 Å². The number of hydrogen-bond acceptors (Lipinski definition) is 6. The monoisotopic (exact) mass is 536 g/mol. The molecule has 1 unspecified atom stereocenters. The van der Waals surface area contributed by atoms with Crippen LogP contribution in [-0.2, 0) is 21.6 Å². The standard InChI is InChI=1S/C30H40N4O5/c1-20-25-26(31-34(20)18-22-11-14-33(17-22)28(36)39-29(2,3)4)23-7-5-6-8-24(23)38-30(25)12-15-32(16-13-30)27(35)37-19-21-9-10-21/h5-8,21-22H,9-19H2,1-4H3. The summed E-state index contributed by atoms with van der Waals surface area (Å²) in [4.78, 5) is 28.9. The largest absolute Gasteiger partial charge is 0.482 e. The van der Waals surface area contributed by atoms with Crippen molar-refractivity contribution in [3.8, 4) is 17.0 Å². The van der Waals surface area contributed by atoms with Gasteiger partial charge in [-0.15, -0.1) is 0 Å². The Morgan fingerprint density at radius 1 is 1.03 bits per heavy atom. The first-order valence-electron chi connectivity index (χ1n) is 14.4. The molecule has 2 aromatic rings. The molecule has 3 fully saturated rings. The normalized spacial score (nSPS) is 21.8. The highest BCUT2D eigenvalue weighted by atomic mass is 16.6. The van der Waals surface area contributed by atoms with Gasteiger partial charge < -0.3 is 24.0 Å². The summed E-state index contributed by atoms with van der Waals surface area (Å²) >= 11 is 0. The summed E-state index contributed by atoms with van der Waals surface area (Å²) in [5.74, 6) is 1.69. The van der Waals surface area contributed by atoms with Crippen LogP contribution >= 0.6 is 0 Å². The predicted octanol–water partition coefficient (Wildman–Crippen LogP) is 5.35. The number of rotatable bonds is 4.